The Hall–Kier alpha value is -5.22. The van der Waals surface area contributed by atoms with Gasteiger partial charge in [-0.05, 0) is 49.2 Å². The van der Waals surface area contributed by atoms with Gasteiger partial charge in [-0.15, -0.1) is 0 Å². The van der Waals surface area contributed by atoms with Gasteiger partial charge in [0.05, 0.1) is 23.3 Å². The lowest BCUT2D eigenvalue weighted by atomic mass is 10.1. The lowest BCUT2D eigenvalue weighted by Gasteiger charge is -2.14. The second kappa shape index (κ2) is 11.7. The van der Waals surface area contributed by atoms with E-state index >= 15 is 0 Å². The van der Waals surface area contributed by atoms with Crippen molar-refractivity contribution in [2.45, 2.75) is 26.2 Å². The number of anilines is 2. The van der Waals surface area contributed by atoms with Gasteiger partial charge in [-0.3, -0.25) is 10.1 Å². The number of hydrogen-bond donors (Lipinski definition) is 3. The van der Waals surface area contributed by atoms with Crippen LogP contribution in [0.4, 0.5) is 16.3 Å². The lowest BCUT2D eigenvalue weighted by Crippen LogP contribution is -2.21. The first-order valence-corrected chi connectivity index (χ1v) is 13.8. The number of pyridine rings is 1. The van der Waals surface area contributed by atoms with E-state index in [-0.39, 0.29) is 5.56 Å². The minimum absolute atomic E-state index is 0.329. The number of aromatic nitrogens is 5. The monoisotopic (exact) mass is 579 g/mol. The number of H-pyrrole nitrogens is 1. The molecule has 210 valence electrons. The molecule has 42 heavy (non-hydrogen) atoms. The molecular weight excluding hydrogens is 554 g/mol. The van der Waals surface area contributed by atoms with Gasteiger partial charge in [-0.1, -0.05) is 49.2 Å². The van der Waals surface area contributed by atoms with E-state index in [9.17, 15) is 9.59 Å². The number of fused-ring (bicyclic) bond motifs is 2. The highest BCUT2D eigenvalue weighted by atomic mass is 35.5. The summed E-state index contributed by atoms with van der Waals surface area (Å²) in [5, 5.41) is 12.8. The third-order valence-corrected chi connectivity index (χ3v) is 6.90. The fourth-order valence-corrected chi connectivity index (χ4v) is 4.77. The van der Waals surface area contributed by atoms with Crippen LogP contribution in [-0.2, 0) is 6.42 Å². The fourth-order valence-electron chi connectivity index (χ4n) is 4.64. The van der Waals surface area contributed by atoms with Gasteiger partial charge in [0.1, 0.15) is 17.1 Å². The summed E-state index contributed by atoms with van der Waals surface area (Å²) in [7, 11) is 0. The Morgan fingerprint density at radius 1 is 0.976 bits per heavy atom. The van der Waals surface area contributed by atoms with Gasteiger partial charge in [-0.2, -0.15) is 5.10 Å². The van der Waals surface area contributed by atoms with E-state index in [2.05, 4.69) is 32.5 Å². The molecule has 0 fully saturated rings. The van der Waals surface area contributed by atoms with Crippen molar-refractivity contribution in [3.63, 3.8) is 0 Å². The number of urea groups is 1. The van der Waals surface area contributed by atoms with Crippen molar-refractivity contribution in [2.24, 2.45) is 0 Å². The molecule has 3 aromatic carbocycles. The molecule has 0 aliphatic heterocycles. The quantitative estimate of drug-likeness (QED) is 0.177. The first-order valence-electron chi connectivity index (χ1n) is 13.4. The van der Waals surface area contributed by atoms with E-state index in [1.54, 1.807) is 41.2 Å². The summed E-state index contributed by atoms with van der Waals surface area (Å²) >= 11 is 6.09. The Balaban J connectivity index is 1.28. The minimum Gasteiger partial charge on any atom is -0.454 e. The number of ether oxygens (including phenoxy) is 1. The van der Waals surface area contributed by atoms with Crippen LogP contribution >= 0.6 is 11.6 Å². The SMILES string of the molecule is CCCCc1cc(NC(=O)Nc2ccc(Oc3ccnc4[nH]c(=O)cnc34)c3ccccc23)n(-c2ccc(Cl)cc2)n1. The fraction of sp³-hybridized carbons (Fsp3) is 0.129. The number of amides is 2. The van der Waals surface area contributed by atoms with Crippen LogP contribution in [-0.4, -0.2) is 30.8 Å². The maximum atomic E-state index is 13.3. The summed E-state index contributed by atoms with van der Waals surface area (Å²) in [6.45, 7) is 2.13. The van der Waals surface area contributed by atoms with Crippen molar-refractivity contribution in [1.29, 1.82) is 0 Å². The number of aryl methyl sites for hydroxylation is 1. The number of halogens is 1. The minimum atomic E-state index is -0.417. The topological polar surface area (TPSA) is 127 Å². The number of rotatable bonds is 8. The summed E-state index contributed by atoms with van der Waals surface area (Å²) in [4.78, 5) is 36.0. The standard InChI is InChI=1S/C31H26ClN7O3/c1-2-3-6-20-17-27(39(38-20)21-11-9-19(32)10-12-21)36-31(41)35-24-13-14-25(23-8-5-4-7-22(23)24)42-26-15-16-33-30-29(26)34-18-28(40)37-30/h4-5,7-18H,2-3,6H2,1H3,(H,33,37,40)(H2,35,36,41). The molecule has 3 heterocycles. The summed E-state index contributed by atoms with van der Waals surface area (Å²) in [6, 6.07) is 21.6. The third-order valence-electron chi connectivity index (χ3n) is 6.65. The molecule has 0 bridgehead atoms. The normalized spacial score (nSPS) is 11.1. The molecule has 0 spiro atoms. The molecule has 0 saturated carbocycles. The van der Waals surface area contributed by atoms with E-state index in [0.29, 0.717) is 39.2 Å². The highest BCUT2D eigenvalue weighted by Gasteiger charge is 2.16. The average Bonchev–Trinajstić information content (AvgIpc) is 3.39. The Labute approximate surface area is 245 Å². The highest BCUT2D eigenvalue weighted by molar-refractivity contribution is 6.30. The lowest BCUT2D eigenvalue weighted by molar-refractivity contribution is 0.262. The number of unbranched alkanes of at least 4 members (excludes halogenated alkanes) is 1. The maximum absolute atomic E-state index is 13.3. The zero-order chi connectivity index (χ0) is 29.1. The van der Waals surface area contributed by atoms with Crippen LogP contribution in [0.5, 0.6) is 11.5 Å². The molecule has 0 saturated heterocycles. The summed E-state index contributed by atoms with van der Waals surface area (Å²) < 4.78 is 7.94. The highest BCUT2D eigenvalue weighted by Crippen LogP contribution is 2.36. The molecule has 0 atom stereocenters. The van der Waals surface area contributed by atoms with E-state index in [0.717, 1.165) is 41.4 Å². The van der Waals surface area contributed by atoms with E-state index in [1.807, 2.05) is 42.5 Å². The number of benzene rings is 3. The van der Waals surface area contributed by atoms with Crippen LogP contribution in [0.2, 0.25) is 5.02 Å². The van der Waals surface area contributed by atoms with Crippen molar-refractivity contribution < 1.29 is 9.53 Å². The van der Waals surface area contributed by atoms with Gasteiger partial charge in [-0.25, -0.2) is 19.4 Å². The van der Waals surface area contributed by atoms with E-state index in [4.69, 9.17) is 21.4 Å². The number of aromatic amines is 1. The van der Waals surface area contributed by atoms with E-state index < -0.39 is 6.03 Å². The van der Waals surface area contributed by atoms with Crippen LogP contribution in [0, 0.1) is 0 Å². The average molecular weight is 580 g/mol. The summed E-state index contributed by atoms with van der Waals surface area (Å²) in [5.41, 5.74) is 2.68. The van der Waals surface area contributed by atoms with Gasteiger partial charge in [0, 0.05) is 34.1 Å². The van der Waals surface area contributed by atoms with Gasteiger partial charge >= 0.3 is 6.03 Å². The molecule has 6 aromatic rings. The van der Waals surface area contributed by atoms with Crippen molar-refractivity contribution in [1.82, 2.24) is 24.7 Å². The number of carbonyl (C=O) groups excluding carboxylic acids is 1. The van der Waals surface area contributed by atoms with Crippen LogP contribution in [0.25, 0.3) is 27.6 Å². The molecule has 2 amide bonds. The van der Waals surface area contributed by atoms with Crippen molar-refractivity contribution in [3.8, 4) is 17.2 Å². The number of hydrogen-bond acceptors (Lipinski definition) is 6. The third kappa shape index (κ3) is 5.65. The smallest absolute Gasteiger partial charge is 0.324 e. The van der Waals surface area contributed by atoms with Crippen molar-refractivity contribution >= 4 is 51.1 Å². The molecule has 3 N–H and O–H groups in total. The van der Waals surface area contributed by atoms with Crippen molar-refractivity contribution in [2.75, 3.05) is 10.6 Å². The van der Waals surface area contributed by atoms with Crippen LogP contribution in [0.1, 0.15) is 25.5 Å². The second-order valence-electron chi connectivity index (χ2n) is 9.60. The van der Waals surface area contributed by atoms with Gasteiger partial charge < -0.3 is 15.0 Å². The molecule has 3 aromatic heterocycles. The van der Waals surface area contributed by atoms with E-state index in [1.165, 1.54) is 6.20 Å². The molecular formula is C31H26ClN7O3. The van der Waals surface area contributed by atoms with Gasteiger partial charge in [0.15, 0.2) is 11.4 Å². The Morgan fingerprint density at radius 3 is 2.60 bits per heavy atom. The maximum Gasteiger partial charge on any atom is 0.324 e. The Morgan fingerprint density at radius 2 is 1.79 bits per heavy atom. The van der Waals surface area contributed by atoms with Crippen LogP contribution in [0.15, 0.2) is 90.0 Å². The second-order valence-corrected chi connectivity index (χ2v) is 10.0. The zero-order valence-electron chi connectivity index (χ0n) is 22.6. The van der Waals surface area contributed by atoms with Gasteiger partial charge in [0.2, 0.25) is 0 Å². The largest absolute Gasteiger partial charge is 0.454 e. The number of nitrogens with one attached hydrogen (secondary N) is 3. The molecule has 0 aliphatic carbocycles. The molecule has 0 aliphatic rings. The molecule has 6 rings (SSSR count). The molecule has 10 nitrogen and oxygen atoms in total. The molecule has 11 heteroatoms. The Kier molecular flexibility index (Phi) is 7.52. The molecule has 0 unspecified atom stereocenters. The van der Waals surface area contributed by atoms with Gasteiger partial charge in [0.25, 0.3) is 5.56 Å². The first kappa shape index (κ1) is 27.0. The summed E-state index contributed by atoms with van der Waals surface area (Å²) in [6.07, 6.45) is 5.56. The summed E-state index contributed by atoms with van der Waals surface area (Å²) in [5.74, 6) is 1.54. The number of nitrogens with zero attached hydrogens (tertiary/aromatic N) is 4. The number of carbonyl (C=O) groups is 1. The van der Waals surface area contributed by atoms with Crippen LogP contribution < -0.4 is 20.9 Å². The predicted octanol–water partition coefficient (Wildman–Crippen LogP) is 7.09. The predicted molar refractivity (Wildman–Crippen MR) is 164 cm³/mol. The van der Waals surface area contributed by atoms with Crippen molar-refractivity contribution in [3.05, 3.63) is 106 Å². The van der Waals surface area contributed by atoms with Crippen LogP contribution in [0.3, 0.4) is 0 Å². The first-order chi connectivity index (χ1) is 20.5. The Bertz CT molecular complexity index is 1970. The zero-order valence-corrected chi connectivity index (χ0v) is 23.4. The molecule has 0 radical (unpaired) electrons.